The Hall–Kier alpha value is -0.360. The van der Waals surface area contributed by atoms with Gasteiger partial charge in [0.15, 0.2) is 6.29 Å². The fraction of sp³-hybridized carbons (Fsp3) is 1.00. The minimum Gasteiger partial charge on any atom is -0.393 e. The zero-order valence-electron chi connectivity index (χ0n) is 27.9. The molecule has 44 heavy (non-hydrogen) atoms. The molecule has 5 aliphatic carbocycles. The van der Waals surface area contributed by atoms with E-state index in [2.05, 4.69) is 34.6 Å². The summed E-state index contributed by atoms with van der Waals surface area (Å²) in [6.45, 7) is 14.5. The van der Waals surface area contributed by atoms with E-state index in [0.29, 0.717) is 18.8 Å². The van der Waals surface area contributed by atoms with Crippen LogP contribution in [0.15, 0.2) is 0 Å². The lowest BCUT2D eigenvalue weighted by Crippen LogP contribution is -2.62. The van der Waals surface area contributed by atoms with E-state index in [4.69, 9.17) is 9.47 Å². The number of ether oxygens (including phenoxy) is 2. The Balaban J connectivity index is 1.22. The van der Waals surface area contributed by atoms with Crippen molar-refractivity contribution in [3.63, 3.8) is 0 Å². The smallest absolute Gasteiger partial charge is 0.186 e. The summed E-state index contributed by atoms with van der Waals surface area (Å²) in [5, 5.41) is 75.3. The Labute approximate surface area is 263 Å². The van der Waals surface area contributed by atoms with E-state index in [1.807, 2.05) is 0 Å². The Kier molecular flexibility index (Phi) is 8.06. The van der Waals surface area contributed by atoms with Gasteiger partial charge in [0, 0.05) is 0 Å². The number of aliphatic hydroxyl groups excluding tert-OH is 6. The molecule has 0 unspecified atom stereocenters. The Morgan fingerprint density at radius 2 is 1.55 bits per heavy atom. The second kappa shape index (κ2) is 10.6. The van der Waals surface area contributed by atoms with Gasteiger partial charge in [-0.3, -0.25) is 0 Å². The molecule has 254 valence electrons. The molecule has 16 atom stereocenters. The second-order valence-electron chi connectivity index (χ2n) is 17.9. The van der Waals surface area contributed by atoms with Crippen molar-refractivity contribution in [2.24, 2.45) is 50.7 Å². The molecule has 1 heterocycles. The van der Waals surface area contributed by atoms with Gasteiger partial charge in [0.1, 0.15) is 18.3 Å². The van der Waals surface area contributed by atoms with Crippen molar-refractivity contribution in [2.45, 2.75) is 161 Å². The lowest BCUT2D eigenvalue weighted by molar-refractivity contribution is -0.306. The number of hydrogen-bond acceptors (Lipinski definition) is 9. The molecule has 2 spiro atoms. The van der Waals surface area contributed by atoms with Crippen LogP contribution in [0.25, 0.3) is 0 Å². The molecule has 0 aromatic rings. The molecule has 5 saturated carbocycles. The molecule has 6 rings (SSSR count). The van der Waals surface area contributed by atoms with Gasteiger partial charge >= 0.3 is 0 Å². The predicted molar refractivity (Wildman–Crippen MR) is 163 cm³/mol. The summed E-state index contributed by atoms with van der Waals surface area (Å²) in [5.41, 5.74) is -1.62. The van der Waals surface area contributed by atoms with Crippen molar-refractivity contribution < 1.29 is 45.2 Å². The van der Waals surface area contributed by atoms with Gasteiger partial charge in [-0.2, -0.15) is 0 Å². The molecule has 0 aromatic heterocycles. The molecular weight excluding hydrogens is 564 g/mol. The van der Waals surface area contributed by atoms with E-state index in [1.165, 1.54) is 0 Å². The summed E-state index contributed by atoms with van der Waals surface area (Å²) in [5.74, 6) is 0.626. The zero-order chi connectivity index (χ0) is 32.4. The molecule has 9 heteroatoms. The largest absolute Gasteiger partial charge is 0.393 e. The summed E-state index contributed by atoms with van der Waals surface area (Å²) in [6.07, 6.45) is 0.734. The van der Waals surface area contributed by atoms with Crippen LogP contribution in [0.3, 0.4) is 0 Å². The fourth-order valence-electron chi connectivity index (χ4n) is 12.8. The van der Waals surface area contributed by atoms with Gasteiger partial charge in [0.25, 0.3) is 0 Å². The van der Waals surface area contributed by atoms with Crippen LogP contribution in [0.5, 0.6) is 0 Å². The van der Waals surface area contributed by atoms with E-state index >= 15 is 0 Å². The van der Waals surface area contributed by atoms with Crippen LogP contribution in [-0.4, -0.2) is 97.0 Å². The average molecular weight is 625 g/mol. The first-order chi connectivity index (χ1) is 20.3. The van der Waals surface area contributed by atoms with Crippen LogP contribution in [0.2, 0.25) is 0 Å². The van der Waals surface area contributed by atoms with E-state index in [0.717, 1.165) is 44.9 Å². The first-order valence-corrected chi connectivity index (χ1v) is 17.3. The SMILES string of the molecule is C[C@H](CC[C@H](O)C(C)(C)O)[C@H]1[C@@H](O)C[C@@]2(C)[C@@H]3C[C@H](O)[C@H]4C(C)(C)[C@@H](O[C@@H]5OC[C@@H](O)[C@H](O)[C@H]5O)CC[C@@]45C[C@@]35CC[C@]12C. The van der Waals surface area contributed by atoms with Crippen LogP contribution in [0, 0.1) is 50.7 Å². The Morgan fingerprint density at radius 1 is 0.864 bits per heavy atom. The zero-order valence-corrected chi connectivity index (χ0v) is 27.9. The number of fused-ring (bicyclic) bond motifs is 2. The second-order valence-corrected chi connectivity index (χ2v) is 17.9. The van der Waals surface area contributed by atoms with E-state index in [1.54, 1.807) is 13.8 Å². The van der Waals surface area contributed by atoms with Crippen molar-refractivity contribution >= 4 is 0 Å². The number of rotatable bonds is 7. The molecule has 1 saturated heterocycles. The highest BCUT2D eigenvalue weighted by Crippen LogP contribution is 2.89. The van der Waals surface area contributed by atoms with Crippen molar-refractivity contribution in [3.05, 3.63) is 0 Å². The van der Waals surface area contributed by atoms with Gasteiger partial charge in [-0.25, -0.2) is 0 Å². The molecule has 1 aliphatic heterocycles. The lowest BCUT2D eigenvalue weighted by Gasteiger charge is -2.64. The van der Waals surface area contributed by atoms with Gasteiger partial charge in [-0.1, -0.05) is 34.6 Å². The number of aliphatic hydroxyl groups is 7. The van der Waals surface area contributed by atoms with Gasteiger partial charge < -0.3 is 45.2 Å². The highest BCUT2D eigenvalue weighted by Gasteiger charge is 2.84. The monoisotopic (exact) mass is 624 g/mol. The third-order valence-corrected chi connectivity index (χ3v) is 15.1. The maximum absolute atomic E-state index is 12.1. The average Bonchev–Trinajstić information content (AvgIpc) is 3.51. The van der Waals surface area contributed by atoms with E-state index in [-0.39, 0.29) is 52.1 Å². The van der Waals surface area contributed by atoms with E-state index in [9.17, 15) is 35.7 Å². The van der Waals surface area contributed by atoms with Crippen LogP contribution in [0.1, 0.15) is 106 Å². The third kappa shape index (κ3) is 4.50. The summed E-state index contributed by atoms with van der Waals surface area (Å²) >= 11 is 0. The molecule has 6 aliphatic rings. The lowest BCUT2D eigenvalue weighted by atomic mass is 9.41. The first-order valence-electron chi connectivity index (χ1n) is 17.3. The van der Waals surface area contributed by atoms with Crippen molar-refractivity contribution in [3.8, 4) is 0 Å². The standard InChI is InChI=1S/C35H60O9/c1-18(8-9-23(39)31(4,5)42)25-20(37)15-33(7)22-14-19(36)28-30(2,3)24(44-29-27(41)26(40)21(38)16-43-29)10-11-35(28)17-34(22,35)13-12-32(25,33)6/h18-29,36-42H,8-17H2,1-7H3/t18-,19+,20+,21-,22+,23+,24+,25+,26+,27-,28+,29+,32-,33+,34+,35-/m1/s1. The van der Waals surface area contributed by atoms with Crippen molar-refractivity contribution in [1.82, 2.24) is 0 Å². The summed E-state index contributed by atoms with van der Waals surface area (Å²) in [6, 6.07) is 0. The predicted octanol–water partition coefficient (Wildman–Crippen LogP) is 2.74. The fourth-order valence-corrected chi connectivity index (χ4v) is 12.8. The van der Waals surface area contributed by atoms with Crippen LogP contribution >= 0.6 is 0 Å². The van der Waals surface area contributed by atoms with Crippen LogP contribution in [0.4, 0.5) is 0 Å². The van der Waals surface area contributed by atoms with Crippen LogP contribution < -0.4 is 0 Å². The van der Waals surface area contributed by atoms with Gasteiger partial charge in [-0.15, -0.1) is 0 Å². The van der Waals surface area contributed by atoms with Gasteiger partial charge in [-0.05, 0) is 122 Å². The highest BCUT2D eigenvalue weighted by molar-refractivity contribution is 5.32. The maximum Gasteiger partial charge on any atom is 0.186 e. The molecule has 0 radical (unpaired) electrons. The third-order valence-electron chi connectivity index (χ3n) is 15.1. The quantitative estimate of drug-likeness (QED) is 0.211. The number of hydrogen-bond donors (Lipinski definition) is 7. The molecule has 6 fully saturated rings. The molecule has 9 nitrogen and oxygen atoms in total. The molecule has 0 amide bonds. The minimum absolute atomic E-state index is 0.0102. The Bertz CT molecular complexity index is 1090. The molecule has 7 N–H and O–H groups in total. The van der Waals surface area contributed by atoms with E-state index < -0.39 is 53.9 Å². The van der Waals surface area contributed by atoms with Crippen LogP contribution in [-0.2, 0) is 9.47 Å². The highest BCUT2D eigenvalue weighted by atomic mass is 16.7. The van der Waals surface area contributed by atoms with Crippen molar-refractivity contribution in [1.29, 1.82) is 0 Å². The topological polar surface area (TPSA) is 160 Å². The Morgan fingerprint density at radius 3 is 2.20 bits per heavy atom. The molecule has 0 bridgehead atoms. The maximum atomic E-state index is 12.1. The molecule has 0 aromatic carbocycles. The molecular formula is C35H60O9. The summed E-state index contributed by atoms with van der Waals surface area (Å²) in [7, 11) is 0. The summed E-state index contributed by atoms with van der Waals surface area (Å²) in [4.78, 5) is 0. The first kappa shape index (κ1) is 33.5. The van der Waals surface area contributed by atoms with Gasteiger partial charge in [0.05, 0.1) is 36.6 Å². The van der Waals surface area contributed by atoms with Crippen molar-refractivity contribution in [2.75, 3.05) is 6.61 Å². The minimum atomic E-state index is -1.34. The normalized spacial score (nSPS) is 54.4. The van der Waals surface area contributed by atoms with Gasteiger partial charge in [0.2, 0.25) is 0 Å². The summed E-state index contributed by atoms with van der Waals surface area (Å²) < 4.78 is 12.0.